The fourth-order valence-corrected chi connectivity index (χ4v) is 2.20. The number of methoxy groups -OCH3 is 1. The van der Waals surface area contributed by atoms with Gasteiger partial charge in [-0.05, 0) is 0 Å². The van der Waals surface area contributed by atoms with Gasteiger partial charge in [-0.3, -0.25) is 4.79 Å². The summed E-state index contributed by atoms with van der Waals surface area (Å²) in [6.45, 7) is 0.570. The molecule has 19 heavy (non-hydrogen) atoms. The molecule has 1 N–H and O–H groups in total. The molecule has 7 nitrogen and oxygen atoms in total. The molecular formula is C11H15N5O2S. The molecule has 2 rings (SSSR count). The number of esters is 1. The Kier molecular flexibility index (Phi) is 4.45. The van der Waals surface area contributed by atoms with Gasteiger partial charge in [0.25, 0.3) is 0 Å². The molecule has 0 fully saturated rings. The summed E-state index contributed by atoms with van der Waals surface area (Å²) < 4.78 is 6.44. The third-order valence-electron chi connectivity index (χ3n) is 2.57. The summed E-state index contributed by atoms with van der Waals surface area (Å²) in [5.41, 5.74) is 0.885. The quantitative estimate of drug-likeness (QED) is 0.795. The maximum atomic E-state index is 11.0. The fourth-order valence-electron chi connectivity index (χ4n) is 1.46. The Morgan fingerprint density at radius 2 is 2.42 bits per heavy atom. The van der Waals surface area contributed by atoms with Crippen molar-refractivity contribution >= 4 is 22.4 Å². The number of anilines is 1. The van der Waals surface area contributed by atoms with Gasteiger partial charge in [0.1, 0.15) is 6.33 Å². The minimum absolute atomic E-state index is 0.221. The SMILES string of the molecule is COC(=O)CCc1csc(NCc2nncn2C)n1. The predicted molar refractivity (Wildman–Crippen MR) is 70.8 cm³/mol. The topological polar surface area (TPSA) is 81.9 Å². The van der Waals surface area contributed by atoms with E-state index in [0.29, 0.717) is 19.4 Å². The second-order valence-electron chi connectivity index (χ2n) is 3.93. The van der Waals surface area contributed by atoms with E-state index in [0.717, 1.165) is 16.6 Å². The Morgan fingerprint density at radius 1 is 1.58 bits per heavy atom. The van der Waals surface area contributed by atoms with Gasteiger partial charge in [0.05, 0.1) is 25.8 Å². The molecule has 0 unspecified atom stereocenters. The molecule has 0 saturated heterocycles. The zero-order chi connectivity index (χ0) is 13.7. The van der Waals surface area contributed by atoms with Crippen LogP contribution in [0.1, 0.15) is 17.9 Å². The molecule has 2 aromatic heterocycles. The van der Waals surface area contributed by atoms with Crippen LogP contribution in [0.4, 0.5) is 5.13 Å². The van der Waals surface area contributed by atoms with Crippen molar-refractivity contribution in [2.24, 2.45) is 7.05 Å². The summed E-state index contributed by atoms with van der Waals surface area (Å²) in [6.07, 6.45) is 2.60. The third kappa shape index (κ3) is 3.75. The minimum Gasteiger partial charge on any atom is -0.469 e. The highest BCUT2D eigenvalue weighted by atomic mass is 32.1. The van der Waals surface area contributed by atoms with Crippen LogP contribution < -0.4 is 5.32 Å². The zero-order valence-corrected chi connectivity index (χ0v) is 11.6. The van der Waals surface area contributed by atoms with Crippen molar-refractivity contribution in [3.8, 4) is 0 Å². The molecule has 0 aromatic carbocycles. The molecule has 102 valence electrons. The Morgan fingerprint density at radius 3 is 3.11 bits per heavy atom. The number of aryl methyl sites for hydroxylation is 2. The molecule has 8 heteroatoms. The van der Waals surface area contributed by atoms with Gasteiger partial charge >= 0.3 is 5.97 Å². The summed E-state index contributed by atoms with van der Waals surface area (Å²) in [7, 11) is 3.28. The van der Waals surface area contributed by atoms with E-state index in [4.69, 9.17) is 0 Å². The van der Waals surface area contributed by atoms with E-state index in [1.807, 2.05) is 17.0 Å². The largest absolute Gasteiger partial charge is 0.469 e. The molecule has 2 heterocycles. The second kappa shape index (κ2) is 6.28. The number of thiazole rings is 1. The molecule has 0 aliphatic carbocycles. The van der Waals surface area contributed by atoms with Crippen LogP contribution in [0.2, 0.25) is 0 Å². The van der Waals surface area contributed by atoms with Gasteiger partial charge in [-0.15, -0.1) is 21.5 Å². The van der Waals surface area contributed by atoms with Gasteiger partial charge in [0.2, 0.25) is 0 Å². The summed E-state index contributed by atoms with van der Waals surface area (Å²) in [5, 5.41) is 13.7. The van der Waals surface area contributed by atoms with Gasteiger partial charge < -0.3 is 14.6 Å². The number of ether oxygens (including phenoxy) is 1. The van der Waals surface area contributed by atoms with Crippen molar-refractivity contribution in [1.82, 2.24) is 19.7 Å². The molecule has 0 spiro atoms. The highest BCUT2D eigenvalue weighted by Crippen LogP contribution is 2.17. The van der Waals surface area contributed by atoms with Gasteiger partial charge in [-0.25, -0.2) is 4.98 Å². The van der Waals surface area contributed by atoms with E-state index < -0.39 is 0 Å². The first-order valence-corrected chi connectivity index (χ1v) is 6.65. The number of aromatic nitrogens is 4. The Balaban J connectivity index is 1.84. The summed E-state index contributed by atoms with van der Waals surface area (Å²) >= 11 is 1.50. The highest BCUT2D eigenvalue weighted by molar-refractivity contribution is 7.13. The third-order valence-corrected chi connectivity index (χ3v) is 3.42. The van der Waals surface area contributed by atoms with Gasteiger partial charge in [0.15, 0.2) is 11.0 Å². The first-order chi connectivity index (χ1) is 9.19. The van der Waals surface area contributed by atoms with E-state index in [1.54, 1.807) is 6.33 Å². The molecule has 0 atom stereocenters. The second-order valence-corrected chi connectivity index (χ2v) is 4.79. The monoisotopic (exact) mass is 281 g/mol. The van der Waals surface area contributed by atoms with Crippen LogP contribution >= 0.6 is 11.3 Å². The normalized spacial score (nSPS) is 10.4. The minimum atomic E-state index is -0.221. The Labute approximate surface area is 114 Å². The van der Waals surface area contributed by atoms with Crippen LogP contribution in [-0.2, 0) is 29.5 Å². The van der Waals surface area contributed by atoms with Crippen molar-refractivity contribution < 1.29 is 9.53 Å². The Hall–Kier alpha value is -1.96. The van der Waals surface area contributed by atoms with Crippen molar-refractivity contribution in [2.75, 3.05) is 12.4 Å². The molecule has 0 bridgehead atoms. The average Bonchev–Trinajstić information content (AvgIpc) is 3.02. The number of nitrogens with one attached hydrogen (secondary N) is 1. The van der Waals surface area contributed by atoms with Crippen LogP contribution in [0.5, 0.6) is 0 Å². The molecule has 0 saturated carbocycles. The average molecular weight is 281 g/mol. The number of nitrogens with zero attached hydrogens (tertiary/aromatic N) is 4. The van der Waals surface area contributed by atoms with Gasteiger partial charge in [-0.2, -0.15) is 0 Å². The van der Waals surface area contributed by atoms with Crippen LogP contribution in [0.15, 0.2) is 11.7 Å². The van der Waals surface area contributed by atoms with Crippen LogP contribution in [0.3, 0.4) is 0 Å². The Bertz CT molecular complexity index is 551. The number of rotatable bonds is 6. The van der Waals surface area contributed by atoms with Crippen LogP contribution in [-0.4, -0.2) is 32.8 Å². The molecule has 2 aromatic rings. The molecule has 0 radical (unpaired) electrons. The standard InChI is InChI=1S/C11H15N5O2S/c1-16-7-13-15-9(16)5-12-11-14-8(6-19-11)3-4-10(17)18-2/h6-7H,3-5H2,1-2H3,(H,12,14). The highest BCUT2D eigenvalue weighted by Gasteiger charge is 2.06. The molecule has 0 amide bonds. The van der Waals surface area contributed by atoms with Crippen LogP contribution in [0.25, 0.3) is 0 Å². The van der Waals surface area contributed by atoms with Gasteiger partial charge in [-0.1, -0.05) is 0 Å². The molecule has 0 aliphatic heterocycles. The van der Waals surface area contributed by atoms with E-state index >= 15 is 0 Å². The number of carbonyl (C=O) groups excluding carboxylic acids is 1. The lowest BCUT2D eigenvalue weighted by Crippen LogP contribution is -2.06. The predicted octanol–water partition coefficient (Wildman–Crippen LogP) is 0.989. The molecular weight excluding hydrogens is 266 g/mol. The summed E-state index contributed by atoms with van der Waals surface area (Å²) in [5.74, 6) is 0.618. The number of carbonyl (C=O) groups is 1. The van der Waals surface area contributed by atoms with Gasteiger partial charge in [0, 0.05) is 18.8 Å². The molecule has 0 aliphatic rings. The number of hydrogen-bond donors (Lipinski definition) is 1. The lowest BCUT2D eigenvalue weighted by Gasteiger charge is -2.01. The summed E-state index contributed by atoms with van der Waals surface area (Å²) in [6, 6.07) is 0. The first-order valence-electron chi connectivity index (χ1n) is 5.77. The lowest BCUT2D eigenvalue weighted by molar-refractivity contribution is -0.140. The fraction of sp³-hybridized carbons (Fsp3) is 0.455. The maximum absolute atomic E-state index is 11.0. The smallest absolute Gasteiger partial charge is 0.305 e. The first kappa shape index (κ1) is 13.5. The van der Waals surface area contributed by atoms with E-state index in [2.05, 4.69) is 25.2 Å². The van der Waals surface area contributed by atoms with E-state index in [1.165, 1.54) is 18.4 Å². The summed E-state index contributed by atoms with van der Waals surface area (Å²) in [4.78, 5) is 15.4. The van der Waals surface area contributed by atoms with E-state index in [9.17, 15) is 4.79 Å². The maximum Gasteiger partial charge on any atom is 0.305 e. The van der Waals surface area contributed by atoms with E-state index in [-0.39, 0.29) is 5.97 Å². The van der Waals surface area contributed by atoms with Crippen LogP contribution in [0, 0.1) is 0 Å². The van der Waals surface area contributed by atoms with Crippen molar-refractivity contribution in [3.05, 3.63) is 23.2 Å². The van der Waals surface area contributed by atoms with Crippen molar-refractivity contribution in [3.63, 3.8) is 0 Å². The number of hydrogen-bond acceptors (Lipinski definition) is 7. The van der Waals surface area contributed by atoms with Crippen molar-refractivity contribution in [2.45, 2.75) is 19.4 Å². The lowest BCUT2D eigenvalue weighted by atomic mass is 10.2. The van der Waals surface area contributed by atoms with Crippen molar-refractivity contribution in [1.29, 1.82) is 0 Å². The zero-order valence-electron chi connectivity index (χ0n) is 10.8.